The quantitative estimate of drug-likeness (QED) is 0.485. The van der Waals surface area contributed by atoms with Gasteiger partial charge in [-0.25, -0.2) is 0 Å². The van der Waals surface area contributed by atoms with Crippen LogP contribution in [0.25, 0.3) is 0 Å². The van der Waals surface area contributed by atoms with E-state index in [-0.39, 0.29) is 12.5 Å². The zero-order valence-corrected chi connectivity index (χ0v) is 17.3. The van der Waals surface area contributed by atoms with Crippen LogP contribution in [-0.2, 0) is 11.3 Å². The minimum atomic E-state index is -0.320. The van der Waals surface area contributed by atoms with E-state index >= 15 is 0 Å². The van der Waals surface area contributed by atoms with E-state index in [4.69, 9.17) is 32.7 Å². The molecule has 0 radical (unpaired) electrons. The maximum Gasteiger partial charge on any atom is 0.262 e. The number of ether oxygens (including phenoxy) is 2. The average molecular weight is 431 g/mol. The van der Waals surface area contributed by atoms with E-state index in [2.05, 4.69) is 10.6 Å². The number of carbonyl (C=O) groups is 1. The van der Waals surface area contributed by atoms with E-state index < -0.39 is 0 Å². The van der Waals surface area contributed by atoms with Crippen LogP contribution in [-0.4, -0.2) is 19.6 Å². The largest absolute Gasteiger partial charge is 0.497 e. The molecule has 3 rings (SSSR count). The van der Waals surface area contributed by atoms with Crippen LogP contribution >= 0.6 is 23.2 Å². The monoisotopic (exact) mass is 430 g/mol. The predicted octanol–water partition coefficient (Wildman–Crippen LogP) is 5.63. The van der Waals surface area contributed by atoms with Crippen molar-refractivity contribution in [2.45, 2.75) is 6.54 Å². The third kappa shape index (κ3) is 6.04. The lowest BCUT2D eigenvalue weighted by Crippen LogP contribution is -2.20. The summed E-state index contributed by atoms with van der Waals surface area (Å²) >= 11 is 12.3. The molecule has 150 valence electrons. The van der Waals surface area contributed by atoms with Crippen LogP contribution in [0, 0.1) is 0 Å². The highest BCUT2D eigenvalue weighted by Gasteiger charge is 2.09. The molecule has 0 aliphatic rings. The van der Waals surface area contributed by atoms with Crippen LogP contribution in [0.2, 0.25) is 10.0 Å². The van der Waals surface area contributed by atoms with Crippen LogP contribution < -0.4 is 20.1 Å². The normalized spacial score (nSPS) is 10.3. The summed E-state index contributed by atoms with van der Waals surface area (Å²) in [5, 5.41) is 6.91. The van der Waals surface area contributed by atoms with Crippen molar-refractivity contribution in [3.05, 3.63) is 82.3 Å². The van der Waals surface area contributed by atoms with Gasteiger partial charge in [-0.3, -0.25) is 4.79 Å². The van der Waals surface area contributed by atoms with Crippen molar-refractivity contribution in [1.29, 1.82) is 0 Å². The van der Waals surface area contributed by atoms with Gasteiger partial charge in [0, 0.05) is 12.2 Å². The molecule has 0 saturated carbocycles. The third-order valence-corrected chi connectivity index (χ3v) is 4.71. The van der Waals surface area contributed by atoms with Gasteiger partial charge in [-0.2, -0.15) is 0 Å². The molecule has 7 heteroatoms. The number of methoxy groups -OCH3 is 1. The van der Waals surface area contributed by atoms with Gasteiger partial charge in [-0.15, -0.1) is 0 Å². The molecule has 0 aromatic heterocycles. The highest BCUT2D eigenvalue weighted by atomic mass is 35.5. The second-order valence-corrected chi connectivity index (χ2v) is 6.98. The van der Waals surface area contributed by atoms with E-state index in [0.717, 1.165) is 17.0 Å². The number of anilines is 2. The van der Waals surface area contributed by atoms with Crippen molar-refractivity contribution in [3.63, 3.8) is 0 Å². The summed E-state index contributed by atoms with van der Waals surface area (Å²) in [5.74, 6) is 0.923. The number of amides is 1. The first-order chi connectivity index (χ1) is 14.0. The van der Waals surface area contributed by atoms with Gasteiger partial charge in [0.05, 0.1) is 22.8 Å². The molecular weight excluding hydrogens is 411 g/mol. The fraction of sp³-hybridized carbons (Fsp3) is 0.136. The molecule has 2 N–H and O–H groups in total. The maximum atomic E-state index is 12.1. The Morgan fingerprint density at radius 1 is 0.966 bits per heavy atom. The third-order valence-electron chi connectivity index (χ3n) is 4.09. The molecule has 0 bridgehead atoms. The van der Waals surface area contributed by atoms with Gasteiger partial charge in [0.15, 0.2) is 6.61 Å². The number of hydrogen-bond donors (Lipinski definition) is 2. The first-order valence-corrected chi connectivity index (χ1v) is 9.64. The van der Waals surface area contributed by atoms with Gasteiger partial charge in [0.25, 0.3) is 5.91 Å². The molecule has 1 amide bonds. The van der Waals surface area contributed by atoms with Gasteiger partial charge in [0.2, 0.25) is 0 Å². The fourth-order valence-electron chi connectivity index (χ4n) is 2.58. The van der Waals surface area contributed by atoms with E-state index in [1.165, 1.54) is 0 Å². The number of carbonyl (C=O) groups excluding carboxylic acids is 1. The Balaban J connectivity index is 1.52. The number of rotatable bonds is 8. The molecule has 0 aliphatic carbocycles. The van der Waals surface area contributed by atoms with Crippen molar-refractivity contribution in [1.82, 2.24) is 0 Å². The van der Waals surface area contributed by atoms with Crippen LogP contribution in [0.15, 0.2) is 66.7 Å². The van der Waals surface area contributed by atoms with Gasteiger partial charge < -0.3 is 20.1 Å². The smallest absolute Gasteiger partial charge is 0.262 e. The summed E-state index contributed by atoms with van der Waals surface area (Å²) in [6.45, 7) is 0.424. The summed E-state index contributed by atoms with van der Waals surface area (Å²) in [5.41, 5.74) is 2.49. The number of hydrogen-bond acceptors (Lipinski definition) is 4. The highest BCUT2D eigenvalue weighted by molar-refractivity contribution is 6.33. The zero-order chi connectivity index (χ0) is 20.6. The molecule has 0 atom stereocenters. The van der Waals surface area contributed by atoms with E-state index in [9.17, 15) is 4.79 Å². The second-order valence-electron chi connectivity index (χ2n) is 6.16. The standard InChI is InChI=1S/C22H20Cl2N2O3/c1-28-17-9-7-16(8-10-17)25-13-15-6-11-21(19(24)12-15)29-14-22(27)26-20-5-3-2-4-18(20)23/h2-12,25H,13-14H2,1H3,(H,26,27). The highest BCUT2D eigenvalue weighted by Crippen LogP contribution is 2.26. The molecule has 0 fully saturated rings. The lowest BCUT2D eigenvalue weighted by Gasteiger charge is -2.12. The minimum Gasteiger partial charge on any atom is -0.497 e. The molecule has 0 saturated heterocycles. The van der Waals surface area contributed by atoms with Crippen LogP contribution in [0.4, 0.5) is 11.4 Å². The Bertz CT molecular complexity index is 978. The SMILES string of the molecule is COc1ccc(NCc2ccc(OCC(=O)Nc3ccccc3Cl)c(Cl)c2)cc1. The molecule has 3 aromatic rings. The number of para-hydroxylation sites is 1. The molecule has 29 heavy (non-hydrogen) atoms. The molecule has 0 heterocycles. The summed E-state index contributed by atoms with van der Waals surface area (Å²) in [4.78, 5) is 12.1. The van der Waals surface area contributed by atoms with Gasteiger partial charge >= 0.3 is 0 Å². The second kappa shape index (κ2) is 10.0. The summed E-state index contributed by atoms with van der Waals surface area (Å²) in [6.07, 6.45) is 0. The molecule has 0 unspecified atom stereocenters. The molecule has 3 aromatic carbocycles. The Hall–Kier alpha value is -2.89. The summed E-state index contributed by atoms with van der Waals surface area (Å²) in [7, 11) is 1.63. The molecule has 0 aliphatic heterocycles. The van der Waals surface area contributed by atoms with Gasteiger partial charge in [-0.05, 0) is 54.1 Å². The maximum absolute atomic E-state index is 12.1. The topological polar surface area (TPSA) is 59.6 Å². The average Bonchev–Trinajstić information content (AvgIpc) is 2.73. The van der Waals surface area contributed by atoms with Crippen molar-refractivity contribution in [2.24, 2.45) is 0 Å². The summed E-state index contributed by atoms with van der Waals surface area (Å²) in [6, 6.07) is 20.1. The van der Waals surface area contributed by atoms with Crippen molar-refractivity contribution < 1.29 is 14.3 Å². The number of halogens is 2. The van der Waals surface area contributed by atoms with Crippen LogP contribution in [0.3, 0.4) is 0 Å². The zero-order valence-electron chi connectivity index (χ0n) is 15.7. The number of benzene rings is 3. The lowest BCUT2D eigenvalue weighted by molar-refractivity contribution is -0.118. The molecule has 5 nitrogen and oxygen atoms in total. The molecular formula is C22H20Cl2N2O3. The lowest BCUT2D eigenvalue weighted by atomic mass is 10.2. The van der Waals surface area contributed by atoms with Gasteiger partial charge in [0.1, 0.15) is 11.5 Å². The van der Waals surface area contributed by atoms with Crippen LogP contribution in [0.5, 0.6) is 11.5 Å². The van der Waals surface area contributed by atoms with Crippen LogP contribution in [0.1, 0.15) is 5.56 Å². The Morgan fingerprint density at radius 2 is 1.72 bits per heavy atom. The minimum absolute atomic E-state index is 0.172. The van der Waals surface area contributed by atoms with Crippen molar-refractivity contribution >= 4 is 40.5 Å². The first kappa shape index (κ1) is 20.8. The Morgan fingerprint density at radius 3 is 2.41 bits per heavy atom. The summed E-state index contributed by atoms with van der Waals surface area (Å²) < 4.78 is 10.7. The van der Waals surface area contributed by atoms with Crippen molar-refractivity contribution in [2.75, 3.05) is 24.4 Å². The van der Waals surface area contributed by atoms with E-state index in [1.807, 2.05) is 30.3 Å². The fourth-order valence-corrected chi connectivity index (χ4v) is 3.02. The van der Waals surface area contributed by atoms with Gasteiger partial charge in [-0.1, -0.05) is 41.4 Å². The Kier molecular flexibility index (Phi) is 7.22. The molecule has 0 spiro atoms. The van der Waals surface area contributed by atoms with Crippen molar-refractivity contribution in [3.8, 4) is 11.5 Å². The Labute approximate surface area is 179 Å². The van der Waals surface area contributed by atoms with E-state index in [1.54, 1.807) is 43.5 Å². The first-order valence-electron chi connectivity index (χ1n) is 8.88. The predicted molar refractivity (Wildman–Crippen MR) is 117 cm³/mol. The number of nitrogens with one attached hydrogen (secondary N) is 2. The van der Waals surface area contributed by atoms with E-state index in [0.29, 0.717) is 28.0 Å².